The topological polar surface area (TPSA) is 24.4 Å². The van der Waals surface area contributed by atoms with E-state index in [9.17, 15) is 0 Å². The highest BCUT2D eigenvalue weighted by Gasteiger charge is 2.02. The normalized spacial score (nSPS) is 17.1. The van der Waals surface area contributed by atoms with E-state index in [1.54, 1.807) is 0 Å². The average Bonchev–Trinajstić information content (AvgIpc) is 2.29. The summed E-state index contributed by atoms with van der Waals surface area (Å²) in [5, 5.41) is 3.46. The maximum absolute atomic E-state index is 4.60. The summed E-state index contributed by atoms with van der Waals surface area (Å²) in [5.74, 6) is 1.20. The SMILES string of the molecule is c1ccc(CNC2=NCCCCCC2)cc1. The third-order valence-corrected chi connectivity index (χ3v) is 2.96. The highest BCUT2D eigenvalue weighted by atomic mass is 15.0. The van der Waals surface area contributed by atoms with E-state index in [-0.39, 0.29) is 0 Å². The fourth-order valence-corrected chi connectivity index (χ4v) is 2.00. The Hall–Kier alpha value is -1.31. The molecule has 0 unspecified atom stereocenters. The van der Waals surface area contributed by atoms with E-state index in [2.05, 4.69) is 40.6 Å². The highest BCUT2D eigenvalue weighted by Crippen LogP contribution is 2.08. The molecule has 0 bridgehead atoms. The van der Waals surface area contributed by atoms with Crippen molar-refractivity contribution in [2.24, 2.45) is 4.99 Å². The zero-order chi connectivity index (χ0) is 11.1. The number of rotatable bonds is 2. The second-order valence-corrected chi connectivity index (χ2v) is 4.33. The molecule has 0 spiro atoms. The van der Waals surface area contributed by atoms with E-state index in [1.807, 2.05) is 0 Å². The van der Waals surface area contributed by atoms with Gasteiger partial charge >= 0.3 is 0 Å². The lowest BCUT2D eigenvalue weighted by molar-refractivity contribution is 0.633. The van der Waals surface area contributed by atoms with Crippen LogP contribution in [0.5, 0.6) is 0 Å². The summed E-state index contributed by atoms with van der Waals surface area (Å²) in [6.07, 6.45) is 6.34. The van der Waals surface area contributed by atoms with Gasteiger partial charge in [0.15, 0.2) is 0 Å². The molecule has 1 aliphatic heterocycles. The van der Waals surface area contributed by atoms with Crippen LogP contribution in [0.25, 0.3) is 0 Å². The van der Waals surface area contributed by atoms with Gasteiger partial charge in [-0.1, -0.05) is 43.2 Å². The van der Waals surface area contributed by atoms with Gasteiger partial charge < -0.3 is 5.32 Å². The van der Waals surface area contributed by atoms with E-state index in [1.165, 1.54) is 37.1 Å². The maximum Gasteiger partial charge on any atom is 0.0965 e. The summed E-state index contributed by atoms with van der Waals surface area (Å²) >= 11 is 0. The molecule has 1 N–H and O–H groups in total. The third kappa shape index (κ3) is 3.69. The van der Waals surface area contributed by atoms with Gasteiger partial charge in [-0.05, 0) is 18.4 Å². The van der Waals surface area contributed by atoms with Crippen molar-refractivity contribution in [1.82, 2.24) is 5.32 Å². The van der Waals surface area contributed by atoms with E-state index in [0.29, 0.717) is 0 Å². The lowest BCUT2D eigenvalue weighted by Gasteiger charge is -2.12. The number of nitrogens with zero attached hydrogens (tertiary/aromatic N) is 1. The molecule has 0 aliphatic carbocycles. The largest absolute Gasteiger partial charge is 0.370 e. The quantitative estimate of drug-likeness (QED) is 0.807. The fraction of sp³-hybridized carbons (Fsp3) is 0.500. The number of nitrogens with one attached hydrogen (secondary N) is 1. The monoisotopic (exact) mass is 216 g/mol. The Labute approximate surface area is 97.8 Å². The Morgan fingerprint density at radius 3 is 2.69 bits per heavy atom. The van der Waals surface area contributed by atoms with Gasteiger partial charge in [-0.15, -0.1) is 0 Å². The van der Waals surface area contributed by atoms with Gasteiger partial charge in [0.2, 0.25) is 0 Å². The molecule has 1 aliphatic rings. The van der Waals surface area contributed by atoms with Crippen LogP contribution in [-0.2, 0) is 6.54 Å². The third-order valence-electron chi connectivity index (χ3n) is 2.96. The minimum absolute atomic E-state index is 0.902. The summed E-state index contributed by atoms with van der Waals surface area (Å²) < 4.78 is 0. The van der Waals surface area contributed by atoms with Gasteiger partial charge in [-0.3, -0.25) is 4.99 Å². The van der Waals surface area contributed by atoms with Gasteiger partial charge in [0.25, 0.3) is 0 Å². The second kappa shape index (κ2) is 6.31. The van der Waals surface area contributed by atoms with Gasteiger partial charge in [-0.2, -0.15) is 0 Å². The minimum Gasteiger partial charge on any atom is -0.370 e. The van der Waals surface area contributed by atoms with Crippen molar-refractivity contribution >= 4 is 5.84 Å². The summed E-state index contributed by atoms with van der Waals surface area (Å²) in [6.45, 7) is 1.90. The Morgan fingerprint density at radius 1 is 1.00 bits per heavy atom. The first-order valence-electron chi connectivity index (χ1n) is 6.26. The molecule has 0 aromatic heterocycles. The Bertz CT molecular complexity index is 330. The molecular weight excluding hydrogens is 196 g/mol. The summed E-state index contributed by atoms with van der Waals surface area (Å²) in [6, 6.07) is 10.5. The number of amidine groups is 1. The molecule has 1 heterocycles. The van der Waals surface area contributed by atoms with E-state index in [0.717, 1.165) is 19.5 Å². The van der Waals surface area contributed by atoms with E-state index < -0.39 is 0 Å². The number of benzene rings is 1. The van der Waals surface area contributed by atoms with Crippen LogP contribution in [0.3, 0.4) is 0 Å². The van der Waals surface area contributed by atoms with Crippen LogP contribution in [0, 0.1) is 0 Å². The Morgan fingerprint density at radius 2 is 1.81 bits per heavy atom. The first kappa shape index (κ1) is 11.2. The number of hydrogen-bond acceptors (Lipinski definition) is 2. The van der Waals surface area contributed by atoms with Crippen molar-refractivity contribution in [3.63, 3.8) is 0 Å². The minimum atomic E-state index is 0.902. The fourth-order valence-electron chi connectivity index (χ4n) is 2.00. The van der Waals surface area contributed by atoms with Gasteiger partial charge in [-0.25, -0.2) is 0 Å². The van der Waals surface area contributed by atoms with Gasteiger partial charge in [0.05, 0.1) is 5.84 Å². The molecular formula is C14H20N2. The molecule has 2 nitrogen and oxygen atoms in total. The molecule has 0 fully saturated rings. The Kier molecular flexibility index (Phi) is 4.41. The van der Waals surface area contributed by atoms with Crippen molar-refractivity contribution in [2.45, 2.75) is 38.6 Å². The first-order chi connectivity index (χ1) is 7.95. The van der Waals surface area contributed by atoms with E-state index in [4.69, 9.17) is 0 Å². The summed E-state index contributed by atoms with van der Waals surface area (Å²) in [7, 11) is 0. The predicted octanol–water partition coefficient (Wildman–Crippen LogP) is 3.14. The van der Waals surface area contributed by atoms with Crippen LogP contribution in [-0.4, -0.2) is 12.4 Å². The molecule has 86 valence electrons. The molecule has 0 radical (unpaired) electrons. The molecule has 16 heavy (non-hydrogen) atoms. The molecule has 0 amide bonds. The van der Waals surface area contributed by atoms with Crippen LogP contribution in [0.2, 0.25) is 0 Å². The van der Waals surface area contributed by atoms with Crippen molar-refractivity contribution < 1.29 is 0 Å². The lowest BCUT2D eigenvalue weighted by atomic mass is 10.1. The standard InChI is InChI=1S/C14H20N2/c1-2-7-11-15-14(10-6-1)16-12-13-8-4-3-5-9-13/h3-5,8-9H,1-2,6-7,10-12H2,(H,15,16). The average molecular weight is 216 g/mol. The van der Waals surface area contributed by atoms with Crippen LogP contribution < -0.4 is 5.32 Å². The number of aliphatic imine (C=N–C) groups is 1. The first-order valence-corrected chi connectivity index (χ1v) is 6.26. The van der Waals surface area contributed by atoms with E-state index >= 15 is 0 Å². The smallest absolute Gasteiger partial charge is 0.0965 e. The van der Waals surface area contributed by atoms with Crippen molar-refractivity contribution in [2.75, 3.05) is 6.54 Å². The molecule has 0 saturated carbocycles. The molecule has 2 heteroatoms. The zero-order valence-electron chi connectivity index (χ0n) is 9.78. The van der Waals surface area contributed by atoms with Crippen molar-refractivity contribution in [3.8, 4) is 0 Å². The predicted molar refractivity (Wildman–Crippen MR) is 68.7 cm³/mol. The highest BCUT2D eigenvalue weighted by molar-refractivity contribution is 5.82. The lowest BCUT2D eigenvalue weighted by Crippen LogP contribution is -2.24. The zero-order valence-corrected chi connectivity index (χ0v) is 9.78. The van der Waals surface area contributed by atoms with Crippen molar-refractivity contribution in [1.29, 1.82) is 0 Å². The molecule has 1 aromatic rings. The Balaban J connectivity index is 1.84. The van der Waals surface area contributed by atoms with Gasteiger partial charge in [0.1, 0.15) is 0 Å². The maximum atomic E-state index is 4.60. The van der Waals surface area contributed by atoms with Crippen LogP contribution >= 0.6 is 0 Å². The van der Waals surface area contributed by atoms with Crippen LogP contribution in [0.4, 0.5) is 0 Å². The second-order valence-electron chi connectivity index (χ2n) is 4.33. The van der Waals surface area contributed by atoms with Crippen LogP contribution in [0.1, 0.15) is 37.7 Å². The van der Waals surface area contributed by atoms with Gasteiger partial charge in [0, 0.05) is 19.5 Å². The summed E-state index contributed by atoms with van der Waals surface area (Å²) in [5.41, 5.74) is 1.33. The summed E-state index contributed by atoms with van der Waals surface area (Å²) in [4.78, 5) is 4.60. The molecule has 2 rings (SSSR count). The molecule has 0 saturated heterocycles. The number of hydrogen-bond donors (Lipinski definition) is 1. The van der Waals surface area contributed by atoms with Crippen molar-refractivity contribution in [3.05, 3.63) is 35.9 Å². The molecule has 0 atom stereocenters. The van der Waals surface area contributed by atoms with Crippen LogP contribution in [0.15, 0.2) is 35.3 Å². The molecule has 1 aromatic carbocycles.